The van der Waals surface area contributed by atoms with Gasteiger partial charge in [0.1, 0.15) is 0 Å². The van der Waals surface area contributed by atoms with Crippen molar-refractivity contribution < 1.29 is 0 Å². The van der Waals surface area contributed by atoms with Crippen LogP contribution in [0.3, 0.4) is 0 Å². The first-order chi connectivity index (χ1) is 6.68. The van der Waals surface area contributed by atoms with E-state index in [4.69, 9.17) is 0 Å². The molecule has 1 unspecified atom stereocenters. The SMILES string of the molecule is CCCCC(P)(CCCC)CCCC. The maximum atomic E-state index is 3.17. The van der Waals surface area contributed by atoms with Gasteiger partial charge in [-0.15, -0.1) is 9.24 Å². The highest BCUT2D eigenvalue weighted by atomic mass is 31.0. The summed E-state index contributed by atoms with van der Waals surface area (Å²) in [5, 5.41) is 0.571. The van der Waals surface area contributed by atoms with Gasteiger partial charge in [0, 0.05) is 0 Å². The molecule has 0 aliphatic carbocycles. The topological polar surface area (TPSA) is 0 Å². The largest absolute Gasteiger partial charge is 0.131 e. The van der Waals surface area contributed by atoms with Gasteiger partial charge in [-0.2, -0.15) is 0 Å². The molecule has 0 aromatic rings. The third-order valence-corrected chi connectivity index (χ3v) is 3.95. The summed E-state index contributed by atoms with van der Waals surface area (Å²) < 4.78 is 0. The van der Waals surface area contributed by atoms with Gasteiger partial charge in [-0.1, -0.05) is 59.3 Å². The molecule has 0 heterocycles. The van der Waals surface area contributed by atoms with Crippen LogP contribution in [0.25, 0.3) is 0 Å². The highest BCUT2D eigenvalue weighted by Gasteiger charge is 2.22. The molecular weight excluding hydrogens is 187 g/mol. The lowest BCUT2D eigenvalue weighted by Gasteiger charge is -2.29. The molecule has 0 aliphatic rings. The summed E-state index contributed by atoms with van der Waals surface area (Å²) in [7, 11) is 3.17. The van der Waals surface area contributed by atoms with Gasteiger partial charge in [-0.05, 0) is 24.4 Å². The van der Waals surface area contributed by atoms with E-state index in [2.05, 4.69) is 30.0 Å². The Balaban J connectivity index is 3.89. The van der Waals surface area contributed by atoms with Crippen molar-refractivity contribution in [1.29, 1.82) is 0 Å². The predicted molar refractivity (Wildman–Crippen MR) is 71.0 cm³/mol. The molecule has 0 N–H and O–H groups in total. The second-order valence-corrected chi connectivity index (χ2v) is 5.90. The van der Waals surface area contributed by atoms with Gasteiger partial charge in [-0.25, -0.2) is 0 Å². The van der Waals surface area contributed by atoms with Gasteiger partial charge < -0.3 is 0 Å². The van der Waals surface area contributed by atoms with Crippen LogP contribution < -0.4 is 0 Å². The molecule has 0 fully saturated rings. The molecule has 0 aliphatic heterocycles. The standard InChI is InChI=1S/C13H29P/c1-4-7-10-13(14,11-8-5-2)12-9-6-3/h4-12,14H2,1-3H3. The Bertz CT molecular complexity index is 98.6. The Morgan fingerprint density at radius 3 is 1.21 bits per heavy atom. The van der Waals surface area contributed by atoms with Crippen molar-refractivity contribution in [2.75, 3.05) is 0 Å². The zero-order chi connectivity index (χ0) is 10.9. The fourth-order valence-electron chi connectivity index (χ4n) is 1.96. The van der Waals surface area contributed by atoms with Crippen LogP contribution in [0.1, 0.15) is 78.6 Å². The summed E-state index contributed by atoms with van der Waals surface area (Å²) in [6.45, 7) is 6.89. The Morgan fingerprint density at radius 2 is 1.00 bits per heavy atom. The van der Waals surface area contributed by atoms with E-state index in [9.17, 15) is 0 Å². The van der Waals surface area contributed by atoms with E-state index in [0.717, 1.165) is 0 Å². The Kier molecular flexibility index (Phi) is 8.98. The number of hydrogen-bond acceptors (Lipinski definition) is 0. The van der Waals surface area contributed by atoms with Gasteiger partial charge in [-0.3, -0.25) is 0 Å². The zero-order valence-corrected chi connectivity index (χ0v) is 11.6. The van der Waals surface area contributed by atoms with E-state index < -0.39 is 0 Å². The van der Waals surface area contributed by atoms with E-state index in [1.807, 2.05) is 0 Å². The van der Waals surface area contributed by atoms with E-state index in [1.54, 1.807) is 0 Å². The highest BCUT2D eigenvalue weighted by molar-refractivity contribution is 7.19. The number of hydrogen-bond donors (Lipinski definition) is 0. The summed E-state index contributed by atoms with van der Waals surface area (Å²) in [5.41, 5.74) is 0. The van der Waals surface area contributed by atoms with Crippen LogP contribution in [0.15, 0.2) is 0 Å². The molecule has 0 spiro atoms. The maximum absolute atomic E-state index is 3.17. The lowest BCUT2D eigenvalue weighted by Crippen LogP contribution is -2.20. The first kappa shape index (κ1) is 14.4. The second-order valence-electron chi connectivity index (χ2n) is 4.67. The molecule has 0 nitrogen and oxygen atoms in total. The molecule has 1 heteroatoms. The normalized spacial score (nSPS) is 12.0. The molecule has 0 bridgehead atoms. The van der Waals surface area contributed by atoms with Crippen LogP contribution in [0, 0.1) is 0 Å². The summed E-state index contributed by atoms with van der Waals surface area (Å²) in [5.74, 6) is 0. The minimum absolute atomic E-state index is 0.571. The molecule has 0 radical (unpaired) electrons. The second kappa shape index (κ2) is 8.72. The summed E-state index contributed by atoms with van der Waals surface area (Å²) in [6.07, 6.45) is 12.5. The lowest BCUT2D eigenvalue weighted by molar-refractivity contribution is 0.424. The molecule has 0 amide bonds. The Hall–Kier alpha value is 0.430. The van der Waals surface area contributed by atoms with E-state index in [1.165, 1.54) is 57.8 Å². The van der Waals surface area contributed by atoms with Crippen LogP contribution in [-0.4, -0.2) is 5.16 Å². The Morgan fingerprint density at radius 1 is 0.714 bits per heavy atom. The fraction of sp³-hybridized carbons (Fsp3) is 1.00. The van der Waals surface area contributed by atoms with Crippen molar-refractivity contribution in [3.63, 3.8) is 0 Å². The van der Waals surface area contributed by atoms with E-state index in [-0.39, 0.29) is 0 Å². The molecule has 0 saturated carbocycles. The van der Waals surface area contributed by atoms with E-state index >= 15 is 0 Å². The van der Waals surface area contributed by atoms with Crippen molar-refractivity contribution in [2.24, 2.45) is 0 Å². The number of rotatable bonds is 9. The first-order valence-electron chi connectivity index (χ1n) is 6.47. The fourth-order valence-corrected chi connectivity index (χ4v) is 2.57. The van der Waals surface area contributed by atoms with Crippen molar-refractivity contribution in [3.8, 4) is 0 Å². The smallest absolute Gasteiger partial charge is 0.0150 e. The monoisotopic (exact) mass is 216 g/mol. The molecule has 86 valence electrons. The van der Waals surface area contributed by atoms with Gasteiger partial charge in [0.05, 0.1) is 0 Å². The predicted octanol–water partition coefficient (Wildman–Crippen LogP) is 5.17. The molecule has 0 rings (SSSR count). The maximum Gasteiger partial charge on any atom is -0.0150 e. The van der Waals surface area contributed by atoms with Gasteiger partial charge in [0.25, 0.3) is 0 Å². The lowest BCUT2D eigenvalue weighted by atomic mass is 9.90. The summed E-state index contributed by atoms with van der Waals surface area (Å²) >= 11 is 0. The molecular formula is C13H29P. The van der Waals surface area contributed by atoms with Crippen LogP contribution in [0.2, 0.25) is 0 Å². The van der Waals surface area contributed by atoms with Crippen LogP contribution in [-0.2, 0) is 0 Å². The third kappa shape index (κ3) is 6.82. The van der Waals surface area contributed by atoms with Gasteiger partial charge in [0.2, 0.25) is 0 Å². The average Bonchev–Trinajstić information content (AvgIpc) is 2.21. The molecule has 0 aromatic carbocycles. The van der Waals surface area contributed by atoms with Crippen molar-refractivity contribution in [2.45, 2.75) is 83.7 Å². The first-order valence-corrected chi connectivity index (χ1v) is 7.05. The molecule has 14 heavy (non-hydrogen) atoms. The highest BCUT2D eigenvalue weighted by Crippen LogP contribution is 2.36. The van der Waals surface area contributed by atoms with Crippen LogP contribution in [0.5, 0.6) is 0 Å². The summed E-state index contributed by atoms with van der Waals surface area (Å²) in [4.78, 5) is 0. The average molecular weight is 216 g/mol. The van der Waals surface area contributed by atoms with E-state index in [0.29, 0.717) is 5.16 Å². The minimum Gasteiger partial charge on any atom is -0.131 e. The zero-order valence-electron chi connectivity index (χ0n) is 10.4. The number of unbranched alkanes of at least 4 members (excludes halogenated alkanes) is 3. The molecule has 0 aromatic heterocycles. The van der Waals surface area contributed by atoms with Crippen LogP contribution in [0.4, 0.5) is 0 Å². The third-order valence-electron chi connectivity index (χ3n) is 3.08. The van der Waals surface area contributed by atoms with Crippen molar-refractivity contribution in [3.05, 3.63) is 0 Å². The van der Waals surface area contributed by atoms with Gasteiger partial charge >= 0.3 is 0 Å². The Labute approximate surface area is 93.4 Å². The van der Waals surface area contributed by atoms with Gasteiger partial charge in [0.15, 0.2) is 0 Å². The summed E-state index contributed by atoms with van der Waals surface area (Å²) in [6, 6.07) is 0. The molecule has 0 saturated heterocycles. The van der Waals surface area contributed by atoms with Crippen molar-refractivity contribution >= 4 is 9.24 Å². The molecule has 1 atom stereocenters. The van der Waals surface area contributed by atoms with Crippen molar-refractivity contribution in [1.82, 2.24) is 0 Å². The minimum atomic E-state index is 0.571. The van der Waals surface area contributed by atoms with Crippen LogP contribution >= 0.6 is 9.24 Å². The quantitative estimate of drug-likeness (QED) is 0.466.